The molecule has 2 rings (SSSR count). The molecule has 4 nitrogen and oxygen atoms in total. The second kappa shape index (κ2) is 5.61. The predicted molar refractivity (Wildman–Crippen MR) is 68.4 cm³/mol. The molecule has 1 aliphatic carbocycles. The minimum atomic E-state index is -2.48. The van der Waals surface area contributed by atoms with E-state index < -0.39 is 8.80 Å². The van der Waals surface area contributed by atoms with Crippen LogP contribution in [0.2, 0.25) is 0 Å². The first-order valence-electron chi connectivity index (χ1n) is 6.54. The fourth-order valence-electron chi connectivity index (χ4n) is 3.04. The molecule has 2 fully saturated rings. The number of nitrogens with zero attached hydrogens (tertiary/aromatic N) is 1. The fraction of sp³-hybridized carbons (Fsp3) is 0.917. The largest absolute Gasteiger partial charge is 0.572 e. The second-order valence-electron chi connectivity index (χ2n) is 4.84. The van der Waals surface area contributed by atoms with Crippen LogP contribution in [0.25, 0.3) is 0 Å². The molecule has 0 radical (unpaired) electrons. The van der Waals surface area contributed by atoms with E-state index in [-0.39, 0.29) is 0 Å². The quantitative estimate of drug-likeness (QED) is 0.567. The van der Waals surface area contributed by atoms with Crippen molar-refractivity contribution in [2.45, 2.75) is 44.2 Å². The molecule has 1 heterocycles. The van der Waals surface area contributed by atoms with Gasteiger partial charge in [0.05, 0.1) is 6.42 Å². The Labute approximate surface area is 105 Å². The summed E-state index contributed by atoms with van der Waals surface area (Å²) in [4.78, 5) is 0. The third-order valence-electron chi connectivity index (χ3n) is 4.12. The van der Waals surface area contributed by atoms with Gasteiger partial charge in [0.1, 0.15) is 6.54 Å². The van der Waals surface area contributed by atoms with Crippen LogP contribution in [0.5, 0.6) is 0 Å². The minimum Gasteiger partial charge on any atom is -0.373 e. The van der Waals surface area contributed by atoms with Crippen LogP contribution >= 0.6 is 0 Å². The van der Waals surface area contributed by atoms with Crippen LogP contribution in [0, 0.1) is 0 Å². The number of hydrogen-bond acceptors (Lipinski definition) is 3. The minimum absolute atomic E-state index is 0.343. The Hall–Kier alpha value is -0.233. The highest BCUT2D eigenvalue weighted by molar-refractivity contribution is 6.62. The maximum absolute atomic E-state index is 5.60. The molecular formula is C12H24NO3Si+. The molecule has 0 spiro atoms. The number of rotatable bonds is 4. The third kappa shape index (κ3) is 2.34. The predicted octanol–water partition coefficient (Wildman–Crippen LogP) is 1.59. The summed E-state index contributed by atoms with van der Waals surface area (Å²) in [6.45, 7) is 1.14. The SMILES string of the molecule is CO[Si](OC)(OC)C1CC[N+]1=C1CCCCC1. The van der Waals surface area contributed by atoms with Gasteiger partial charge in [-0.3, -0.25) is 0 Å². The molecule has 2 aliphatic rings. The summed E-state index contributed by atoms with van der Waals surface area (Å²) in [6, 6.07) is 0. The summed E-state index contributed by atoms with van der Waals surface area (Å²) < 4.78 is 19.3. The summed E-state index contributed by atoms with van der Waals surface area (Å²) in [5, 5.41) is 0. The topological polar surface area (TPSA) is 30.7 Å². The summed E-state index contributed by atoms with van der Waals surface area (Å²) in [5.74, 6) is 0. The highest BCUT2D eigenvalue weighted by atomic mass is 28.4. The van der Waals surface area contributed by atoms with Gasteiger partial charge >= 0.3 is 8.80 Å². The summed E-state index contributed by atoms with van der Waals surface area (Å²) >= 11 is 0. The summed E-state index contributed by atoms with van der Waals surface area (Å²) in [7, 11) is 2.65. The van der Waals surface area contributed by atoms with Gasteiger partial charge < -0.3 is 13.3 Å². The van der Waals surface area contributed by atoms with Crippen molar-refractivity contribution in [1.82, 2.24) is 0 Å². The highest BCUT2D eigenvalue weighted by Gasteiger charge is 2.60. The van der Waals surface area contributed by atoms with Gasteiger partial charge in [0.2, 0.25) is 5.67 Å². The molecule has 1 unspecified atom stereocenters. The first kappa shape index (κ1) is 13.2. The van der Waals surface area contributed by atoms with Crippen molar-refractivity contribution in [3.8, 4) is 0 Å². The molecule has 0 bridgehead atoms. The molecule has 1 atom stereocenters. The van der Waals surface area contributed by atoms with Gasteiger partial charge in [0.25, 0.3) is 0 Å². The average molecular weight is 258 g/mol. The maximum atomic E-state index is 5.60. The lowest BCUT2D eigenvalue weighted by Gasteiger charge is -2.36. The van der Waals surface area contributed by atoms with Crippen molar-refractivity contribution >= 4 is 14.5 Å². The van der Waals surface area contributed by atoms with Crippen molar-refractivity contribution in [1.29, 1.82) is 0 Å². The van der Waals surface area contributed by atoms with Crippen LogP contribution in [-0.4, -0.2) is 52.6 Å². The Bertz CT molecular complexity index is 286. The summed E-state index contributed by atoms with van der Waals surface area (Å²) in [6.07, 6.45) is 7.67. The van der Waals surface area contributed by atoms with Gasteiger partial charge in [-0.1, -0.05) is 6.42 Å². The number of hydrogen-bond donors (Lipinski definition) is 0. The van der Waals surface area contributed by atoms with Gasteiger partial charge in [0, 0.05) is 34.2 Å². The molecule has 0 aromatic carbocycles. The molecule has 1 aliphatic heterocycles. The Morgan fingerprint density at radius 3 is 2.00 bits per heavy atom. The van der Waals surface area contributed by atoms with Crippen LogP contribution in [0.15, 0.2) is 0 Å². The third-order valence-corrected chi connectivity index (χ3v) is 7.24. The van der Waals surface area contributed by atoms with Gasteiger partial charge in [-0.05, 0) is 12.8 Å². The van der Waals surface area contributed by atoms with E-state index in [4.69, 9.17) is 13.3 Å². The lowest BCUT2D eigenvalue weighted by atomic mass is 9.97. The van der Waals surface area contributed by atoms with Crippen molar-refractivity contribution in [3.05, 3.63) is 0 Å². The van der Waals surface area contributed by atoms with Crippen LogP contribution in [-0.2, 0) is 13.3 Å². The van der Waals surface area contributed by atoms with E-state index in [0.717, 1.165) is 13.0 Å². The van der Waals surface area contributed by atoms with Gasteiger partial charge in [0.15, 0.2) is 5.71 Å². The van der Waals surface area contributed by atoms with E-state index in [0.29, 0.717) is 5.67 Å². The van der Waals surface area contributed by atoms with Gasteiger partial charge in [-0.2, -0.15) is 0 Å². The van der Waals surface area contributed by atoms with Crippen molar-refractivity contribution in [3.63, 3.8) is 0 Å². The van der Waals surface area contributed by atoms with E-state index in [2.05, 4.69) is 4.58 Å². The zero-order chi connectivity index (χ0) is 12.3. The van der Waals surface area contributed by atoms with Crippen molar-refractivity contribution < 1.29 is 17.9 Å². The standard InChI is InChI=1S/C12H24NO3Si/c1-14-17(15-2,16-3)12-9-10-13(12)11-7-5-4-6-8-11/h12H,4-10H2,1-3H3/q+1. The zero-order valence-electron chi connectivity index (χ0n) is 11.2. The van der Waals surface area contributed by atoms with Crippen LogP contribution in [0.4, 0.5) is 0 Å². The Balaban J connectivity index is 2.16. The normalized spacial score (nSPS) is 25.9. The van der Waals surface area contributed by atoms with Crippen LogP contribution in [0.1, 0.15) is 38.5 Å². The molecule has 5 heteroatoms. The van der Waals surface area contributed by atoms with E-state index >= 15 is 0 Å². The van der Waals surface area contributed by atoms with E-state index in [9.17, 15) is 0 Å². The molecule has 0 amide bonds. The Morgan fingerprint density at radius 2 is 1.59 bits per heavy atom. The first-order chi connectivity index (χ1) is 8.27. The van der Waals surface area contributed by atoms with Crippen LogP contribution in [0.3, 0.4) is 0 Å². The zero-order valence-corrected chi connectivity index (χ0v) is 12.2. The molecule has 1 saturated heterocycles. The van der Waals surface area contributed by atoms with Gasteiger partial charge in [-0.25, -0.2) is 4.58 Å². The average Bonchev–Trinajstić information content (AvgIpc) is 2.36. The lowest BCUT2D eigenvalue weighted by molar-refractivity contribution is -0.613. The molecule has 0 aromatic rings. The summed E-state index contributed by atoms with van der Waals surface area (Å²) in [5.41, 5.74) is 1.94. The van der Waals surface area contributed by atoms with Crippen LogP contribution < -0.4 is 0 Å². The maximum Gasteiger partial charge on any atom is 0.572 e. The molecular weight excluding hydrogens is 234 g/mol. The molecule has 0 aromatic heterocycles. The lowest BCUT2D eigenvalue weighted by Crippen LogP contribution is -2.65. The Kier molecular flexibility index (Phi) is 4.35. The monoisotopic (exact) mass is 258 g/mol. The molecule has 0 N–H and O–H groups in total. The van der Waals surface area contributed by atoms with E-state index in [1.807, 2.05) is 0 Å². The van der Waals surface area contributed by atoms with E-state index in [1.165, 1.54) is 32.1 Å². The molecule has 1 saturated carbocycles. The first-order valence-corrected chi connectivity index (χ1v) is 8.34. The van der Waals surface area contributed by atoms with Crippen molar-refractivity contribution in [2.24, 2.45) is 0 Å². The second-order valence-corrected chi connectivity index (χ2v) is 7.94. The van der Waals surface area contributed by atoms with E-state index in [1.54, 1.807) is 27.0 Å². The Morgan fingerprint density at radius 1 is 1.00 bits per heavy atom. The fourth-order valence-corrected chi connectivity index (χ4v) is 5.53. The van der Waals surface area contributed by atoms with Crippen molar-refractivity contribution in [2.75, 3.05) is 27.9 Å². The van der Waals surface area contributed by atoms with Gasteiger partial charge in [-0.15, -0.1) is 0 Å². The highest BCUT2D eigenvalue weighted by Crippen LogP contribution is 2.27. The smallest absolute Gasteiger partial charge is 0.373 e. The molecule has 17 heavy (non-hydrogen) atoms. The molecule has 98 valence electrons.